The lowest BCUT2D eigenvalue weighted by atomic mass is 10.0. The van der Waals surface area contributed by atoms with Crippen LogP contribution in [0.2, 0.25) is 0 Å². The van der Waals surface area contributed by atoms with Gasteiger partial charge in [0.2, 0.25) is 5.91 Å². The first-order chi connectivity index (χ1) is 9.47. The number of aromatic hydroxyl groups is 1. The maximum atomic E-state index is 11.6. The molecule has 0 aliphatic carbocycles. The topological polar surface area (TPSA) is 102 Å². The summed E-state index contributed by atoms with van der Waals surface area (Å²) in [4.78, 5) is 23.1. The van der Waals surface area contributed by atoms with Crippen molar-refractivity contribution in [1.29, 1.82) is 0 Å². The molecule has 0 aliphatic rings. The molecule has 0 saturated carbocycles. The van der Waals surface area contributed by atoms with Crippen molar-refractivity contribution < 1.29 is 19.4 Å². The molecule has 0 radical (unpaired) electrons. The Morgan fingerprint density at radius 3 is 2.75 bits per heavy atom. The number of nitrogens with two attached hydrogens (primary N) is 1. The Morgan fingerprint density at radius 1 is 1.45 bits per heavy atom. The molecule has 1 rings (SSSR count). The van der Waals surface area contributed by atoms with Gasteiger partial charge in [-0.1, -0.05) is 17.7 Å². The Labute approximate surface area is 117 Å². The minimum Gasteiger partial charge on any atom is -0.508 e. The molecule has 20 heavy (non-hydrogen) atoms. The molecule has 0 bridgehead atoms. The zero-order chi connectivity index (χ0) is 15.1. The monoisotopic (exact) mass is 280 g/mol. The Morgan fingerprint density at radius 2 is 2.15 bits per heavy atom. The zero-order valence-electron chi connectivity index (χ0n) is 11.7. The van der Waals surface area contributed by atoms with Gasteiger partial charge in [0.05, 0.1) is 25.6 Å². The van der Waals surface area contributed by atoms with Gasteiger partial charge in [-0.3, -0.25) is 9.59 Å². The second-order valence-corrected chi connectivity index (χ2v) is 4.40. The molecule has 0 unspecified atom stereocenters. The van der Waals surface area contributed by atoms with E-state index in [1.54, 1.807) is 19.1 Å². The van der Waals surface area contributed by atoms with E-state index in [2.05, 4.69) is 5.32 Å². The maximum absolute atomic E-state index is 11.6. The molecule has 0 fully saturated rings. The number of carbonyl (C=O) groups excluding carboxylic acids is 2. The van der Waals surface area contributed by atoms with E-state index in [0.29, 0.717) is 5.56 Å². The number of esters is 1. The summed E-state index contributed by atoms with van der Waals surface area (Å²) in [5, 5.41) is 12.5. The number of carbonyl (C=O) groups is 2. The Balaban J connectivity index is 2.99. The van der Waals surface area contributed by atoms with Gasteiger partial charge in [-0.2, -0.15) is 0 Å². The molecule has 0 spiro atoms. The summed E-state index contributed by atoms with van der Waals surface area (Å²) in [6.45, 7) is 3.63. The molecule has 110 valence electrons. The van der Waals surface area contributed by atoms with Gasteiger partial charge in [-0.25, -0.2) is 0 Å². The normalized spacial score (nSPS) is 11.8. The number of benzene rings is 1. The predicted octanol–water partition coefficient (Wildman–Crippen LogP) is 0.770. The SMILES string of the molecule is CCOC(=O)C[C@H](NC(=O)CN)c1cc(C)ccc1O. The van der Waals surface area contributed by atoms with Crippen LogP contribution in [-0.4, -0.2) is 30.1 Å². The molecule has 1 amide bonds. The maximum Gasteiger partial charge on any atom is 0.308 e. The van der Waals surface area contributed by atoms with Crippen LogP contribution in [0.1, 0.15) is 30.5 Å². The number of ether oxygens (including phenoxy) is 1. The molecule has 0 heterocycles. The molecule has 4 N–H and O–H groups in total. The lowest BCUT2D eigenvalue weighted by molar-refractivity contribution is -0.143. The van der Waals surface area contributed by atoms with Crippen molar-refractivity contribution in [2.45, 2.75) is 26.3 Å². The van der Waals surface area contributed by atoms with Crippen molar-refractivity contribution in [1.82, 2.24) is 5.32 Å². The zero-order valence-corrected chi connectivity index (χ0v) is 11.7. The molecule has 1 aromatic carbocycles. The van der Waals surface area contributed by atoms with Crippen LogP contribution in [0.5, 0.6) is 5.75 Å². The highest BCUT2D eigenvalue weighted by Crippen LogP contribution is 2.27. The van der Waals surface area contributed by atoms with Crippen LogP contribution in [-0.2, 0) is 14.3 Å². The van der Waals surface area contributed by atoms with Crippen molar-refractivity contribution in [2.75, 3.05) is 13.2 Å². The number of phenolic OH excluding ortho intramolecular Hbond substituents is 1. The van der Waals surface area contributed by atoms with Crippen LogP contribution in [0.15, 0.2) is 18.2 Å². The Hall–Kier alpha value is -2.08. The number of hydrogen-bond donors (Lipinski definition) is 3. The highest BCUT2D eigenvalue weighted by molar-refractivity contribution is 5.79. The predicted molar refractivity (Wildman–Crippen MR) is 74.0 cm³/mol. The smallest absolute Gasteiger partial charge is 0.308 e. The summed E-state index contributed by atoms with van der Waals surface area (Å²) in [5.74, 6) is -0.835. The number of rotatable bonds is 6. The van der Waals surface area contributed by atoms with E-state index >= 15 is 0 Å². The molecule has 1 aromatic rings. The standard InChI is InChI=1S/C14H20N2O4/c1-3-20-14(19)7-11(16-13(18)8-15)10-6-9(2)4-5-12(10)17/h4-6,11,17H,3,7-8,15H2,1-2H3,(H,16,18)/t11-/m0/s1. The van der Waals surface area contributed by atoms with Gasteiger partial charge in [-0.15, -0.1) is 0 Å². The Bertz CT molecular complexity index is 488. The largest absolute Gasteiger partial charge is 0.508 e. The molecule has 0 aliphatic heterocycles. The van der Waals surface area contributed by atoms with E-state index in [4.69, 9.17) is 10.5 Å². The van der Waals surface area contributed by atoms with Gasteiger partial charge in [0.25, 0.3) is 0 Å². The minimum atomic E-state index is -0.662. The third kappa shape index (κ3) is 4.55. The van der Waals surface area contributed by atoms with E-state index in [0.717, 1.165) is 5.56 Å². The van der Waals surface area contributed by atoms with E-state index in [1.807, 2.05) is 6.92 Å². The van der Waals surface area contributed by atoms with Crippen molar-refractivity contribution in [3.63, 3.8) is 0 Å². The average Bonchev–Trinajstić information content (AvgIpc) is 2.41. The number of nitrogens with one attached hydrogen (secondary N) is 1. The molecule has 1 atom stereocenters. The van der Waals surface area contributed by atoms with Gasteiger partial charge < -0.3 is 20.9 Å². The molecular weight excluding hydrogens is 260 g/mol. The van der Waals surface area contributed by atoms with Crippen LogP contribution in [0, 0.1) is 6.92 Å². The highest BCUT2D eigenvalue weighted by Gasteiger charge is 2.21. The Kier molecular flexibility index (Phi) is 5.99. The van der Waals surface area contributed by atoms with Crippen molar-refractivity contribution in [3.05, 3.63) is 29.3 Å². The minimum absolute atomic E-state index is 0.0159. The number of hydrogen-bond acceptors (Lipinski definition) is 5. The summed E-state index contributed by atoms with van der Waals surface area (Å²) >= 11 is 0. The quantitative estimate of drug-likeness (QED) is 0.668. The second-order valence-electron chi connectivity index (χ2n) is 4.40. The fourth-order valence-electron chi connectivity index (χ4n) is 1.83. The summed E-state index contributed by atoms with van der Waals surface area (Å²) in [6.07, 6.45) is -0.0589. The van der Waals surface area contributed by atoms with E-state index in [1.165, 1.54) is 6.07 Å². The third-order valence-corrected chi connectivity index (χ3v) is 2.76. The van der Waals surface area contributed by atoms with E-state index in [9.17, 15) is 14.7 Å². The summed E-state index contributed by atoms with van der Waals surface area (Å²) in [7, 11) is 0. The third-order valence-electron chi connectivity index (χ3n) is 2.76. The molecule has 0 aromatic heterocycles. The lowest BCUT2D eigenvalue weighted by Gasteiger charge is -2.19. The van der Waals surface area contributed by atoms with Crippen molar-refractivity contribution in [2.24, 2.45) is 5.73 Å². The molecular formula is C14H20N2O4. The number of phenols is 1. The van der Waals surface area contributed by atoms with Gasteiger partial charge >= 0.3 is 5.97 Å². The molecule has 6 heteroatoms. The summed E-state index contributed by atoms with van der Waals surface area (Å²) in [5.41, 5.74) is 6.65. The van der Waals surface area contributed by atoms with Gasteiger partial charge in [0.15, 0.2) is 0 Å². The van der Waals surface area contributed by atoms with Crippen LogP contribution in [0.4, 0.5) is 0 Å². The first-order valence-corrected chi connectivity index (χ1v) is 6.42. The summed E-state index contributed by atoms with van der Waals surface area (Å²) < 4.78 is 4.88. The van der Waals surface area contributed by atoms with Crippen LogP contribution in [0.3, 0.4) is 0 Å². The van der Waals surface area contributed by atoms with Crippen LogP contribution >= 0.6 is 0 Å². The van der Waals surface area contributed by atoms with E-state index < -0.39 is 17.9 Å². The second kappa shape index (κ2) is 7.49. The highest BCUT2D eigenvalue weighted by atomic mass is 16.5. The van der Waals surface area contributed by atoms with Crippen LogP contribution in [0.25, 0.3) is 0 Å². The van der Waals surface area contributed by atoms with Gasteiger partial charge in [0.1, 0.15) is 5.75 Å². The average molecular weight is 280 g/mol. The van der Waals surface area contributed by atoms with Gasteiger partial charge in [-0.05, 0) is 19.9 Å². The first-order valence-electron chi connectivity index (χ1n) is 6.42. The molecule has 0 saturated heterocycles. The molecule has 6 nitrogen and oxygen atoms in total. The van der Waals surface area contributed by atoms with E-state index in [-0.39, 0.29) is 25.3 Å². The number of amides is 1. The summed E-state index contributed by atoms with van der Waals surface area (Å²) in [6, 6.07) is 4.32. The first kappa shape index (κ1) is 16.0. The number of aryl methyl sites for hydroxylation is 1. The fourth-order valence-corrected chi connectivity index (χ4v) is 1.83. The fraction of sp³-hybridized carbons (Fsp3) is 0.429. The van der Waals surface area contributed by atoms with Crippen molar-refractivity contribution >= 4 is 11.9 Å². The van der Waals surface area contributed by atoms with Gasteiger partial charge in [0, 0.05) is 5.56 Å². The lowest BCUT2D eigenvalue weighted by Crippen LogP contribution is -2.35. The van der Waals surface area contributed by atoms with Crippen molar-refractivity contribution in [3.8, 4) is 5.75 Å². The van der Waals surface area contributed by atoms with Crippen LogP contribution < -0.4 is 11.1 Å².